The fraction of sp³-hybridized carbons (Fsp3) is 0.324. The van der Waals surface area contributed by atoms with E-state index in [0.717, 1.165) is 28.0 Å². The van der Waals surface area contributed by atoms with E-state index in [1.807, 2.05) is 42.3 Å². The van der Waals surface area contributed by atoms with Gasteiger partial charge in [-0.2, -0.15) is 0 Å². The van der Waals surface area contributed by atoms with Gasteiger partial charge >= 0.3 is 12.1 Å². The molecule has 16 nitrogen and oxygen atoms in total. The Balaban J connectivity index is 1.19. The summed E-state index contributed by atoms with van der Waals surface area (Å²) in [5.41, 5.74) is 1.35. The molecule has 1 fully saturated rings. The summed E-state index contributed by atoms with van der Waals surface area (Å²) in [4.78, 5) is 71.4. The van der Waals surface area contributed by atoms with Crippen molar-refractivity contribution in [2.45, 2.75) is 24.5 Å². The van der Waals surface area contributed by atoms with Crippen LogP contribution >= 0.6 is 11.8 Å². The third-order valence-corrected chi connectivity index (χ3v) is 8.24. The Morgan fingerprint density at radius 1 is 1.02 bits per heavy atom. The van der Waals surface area contributed by atoms with Crippen molar-refractivity contribution in [3.05, 3.63) is 94.2 Å². The van der Waals surface area contributed by atoms with Crippen LogP contribution in [-0.2, 0) is 30.3 Å². The number of rotatable bonds is 19. The van der Waals surface area contributed by atoms with Gasteiger partial charge in [-0.15, -0.1) is 10.1 Å². The van der Waals surface area contributed by atoms with Crippen molar-refractivity contribution in [3.8, 4) is 17.2 Å². The number of unbranched alkanes of at least 4 members (excludes halogenated alkanes) is 1. The average molecular weight is 725 g/mol. The monoisotopic (exact) mass is 724 g/mol. The number of amides is 2. The molecule has 1 unspecified atom stereocenters. The molecule has 270 valence electrons. The van der Waals surface area contributed by atoms with E-state index in [-0.39, 0.29) is 31.1 Å². The van der Waals surface area contributed by atoms with E-state index in [2.05, 4.69) is 9.82 Å². The average Bonchev–Trinajstić information content (AvgIpc) is 3.39. The largest absolute Gasteiger partial charge is 0.515 e. The maximum Gasteiger partial charge on any atom is 0.515 e. The fourth-order valence-electron chi connectivity index (χ4n) is 4.51. The number of pyridine rings is 1. The number of hydrogen-bond donors (Lipinski definition) is 0. The van der Waals surface area contributed by atoms with Crippen molar-refractivity contribution in [1.29, 1.82) is 0 Å². The number of methoxy groups -OCH3 is 1. The first kappa shape index (κ1) is 38.0. The molecular weight excluding hydrogens is 688 g/mol. The van der Waals surface area contributed by atoms with Crippen molar-refractivity contribution in [3.63, 3.8) is 0 Å². The Kier molecular flexibility index (Phi) is 14.4. The minimum atomic E-state index is -1.17. The minimum Gasteiger partial charge on any atom is -0.493 e. The Bertz CT molecular complexity index is 1690. The van der Waals surface area contributed by atoms with E-state index >= 15 is 0 Å². The molecule has 1 aliphatic heterocycles. The summed E-state index contributed by atoms with van der Waals surface area (Å²) >= 11 is 0.850. The van der Waals surface area contributed by atoms with Crippen LogP contribution in [0.1, 0.15) is 24.0 Å². The Labute approximate surface area is 297 Å². The van der Waals surface area contributed by atoms with Crippen LogP contribution in [0.5, 0.6) is 17.2 Å². The highest BCUT2D eigenvalue weighted by molar-refractivity contribution is 8.15. The molecule has 1 aliphatic rings. The highest BCUT2D eigenvalue weighted by Gasteiger charge is 2.40. The predicted molar refractivity (Wildman–Crippen MR) is 184 cm³/mol. The number of likely N-dealkylation sites (N-methyl/N-ethyl adjacent to an activating group) is 1. The van der Waals surface area contributed by atoms with Gasteiger partial charge in [0.1, 0.15) is 18.2 Å². The molecule has 17 heteroatoms. The Hall–Kier alpha value is -5.84. The van der Waals surface area contributed by atoms with Crippen LogP contribution in [-0.4, -0.2) is 90.7 Å². The van der Waals surface area contributed by atoms with Crippen molar-refractivity contribution in [2.75, 3.05) is 52.2 Å². The lowest BCUT2D eigenvalue weighted by Crippen LogP contribution is -2.35. The maximum absolute atomic E-state index is 13.0. The van der Waals surface area contributed by atoms with E-state index in [1.165, 1.54) is 31.4 Å². The molecule has 0 bridgehead atoms. The number of imide groups is 1. The van der Waals surface area contributed by atoms with Gasteiger partial charge in [-0.25, -0.2) is 19.5 Å². The second-order valence-electron chi connectivity index (χ2n) is 10.7. The number of ether oxygens (including phenoxy) is 5. The molecule has 0 saturated carbocycles. The molecule has 2 heterocycles. The summed E-state index contributed by atoms with van der Waals surface area (Å²) in [5, 5.41) is 7.99. The molecular formula is C34H36N4O12S. The summed E-state index contributed by atoms with van der Waals surface area (Å²) in [7, 11) is 3.28. The van der Waals surface area contributed by atoms with Crippen molar-refractivity contribution in [2.24, 2.45) is 0 Å². The molecule has 0 N–H and O–H groups in total. The SMILES string of the molecule is COc1cc(/C=C/C(=O)OCCCCO[N+](=O)[O-])ccc1OC(=O)OCN1C(=O)SC(Cc2ccc(OCCN(C)c3ccccn3)cc2)C1=O. The number of carbonyl (C=O) groups is 4. The zero-order valence-electron chi connectivity index (χ0n) is 27.8. The third kappa shape index (κ3) is 12.2. The van der Waals surface area contributed by atoms with Crippen LogP contribution in [0.25, 0.3) is 6.08 Å². The molecule has 0 aliphatic carbocycles. The summed E-state index contributed by atoms with van der Waals surface area (Å²) in [6, 6.07) is 17.4. The highest BCUT2D eigenvalue weighted by Crippen LogP contribution is 2.31. The van der Waals surface area contributed by atoms with E-state index < -0.39 is 40.3 Å². The molecule has 1 atom stereocenters. The molecule has 2 aromatic carbocycles. The standard InChI is InChI=1S/C34H36N4O12S/c1-36(30-7-3-4-16-35-30)17-20-46-26-12-8-25(9-13-26)22-29-32(40)37(33(41)51-29)23-48-34(42)50-27-14-10-24(21-28(27)45-2)11-15-31(39)47-18-5-6-19-49-38(43)44/h3-4,7-16,21,29H,5-6,17-20,22-23H2,1-2H3/b15-11+. The van der Waals surface area contributed by atoms with Crippen molar-refractivity contribution >= 4 is 46.9 Å². The number of nitrogens with zero attached hydrogens (tertiary/aromatic N) is 4. The van der Waals surface area contributed by atoms with Crippen molar-refractivity contribution in [1.82, 2.24) is 9.88 Å². The van der Waals surface area contributed by atoms with Gasteiger partial charge in [-0.1, -0.05) is 36.0 Å². The molecule has 2 amide bonds. The van der Waals surface area contributed by atoms with Gasteiger partial charge in [0.2, 0.25) is 5.91 Å². The quantitative estimate of drug-likeness (QED) is 0.0404. The topological polar surface area (TPSA) is 186 Å². The van der Waals surface area contributed by atoms with Gasteiger partial charge in [-0.05, 0) is 72.9 Å². The number of aromatic nitrogens is 1. The molecule has 51 heavy (non-hydrogen) atoms. The van der Waals surface area contributed by atoms with E-state index in [0.29, 0.717) is 37.3 Å². The first-order chi connectivity index (χ1) is 24.6. The smallest absolute Gasteiger partial charge is 0.493 e. The molecule has 0 radical (unpaired) electrons. The first-order valence-corrected chi connectivity index (χ1v) is 16.5. The summed E-state index contributed by atoms with van der Waals surface area (Å²) in [6.45, 7) is 0.424. The molecule has 3 aromatic rings. The number of anilines is 1. The van der Waals surface area contributed by atoms with Gasteiger partial charge in [0.05, 0.1) is 32.1 Å². The second-order valence-corrected chi connectivity index (χ2v) is 11.9. The zero-order valence-corrected chi connectivity index (χ0v) is 28.7. The van der Waals surface area contributed by atoms with E-state index in [4.69, 9.17) is 23.7 Å². The van der Waals surface area contributed by atoms with E-state index in [9.17, 15) is 29.3 Å². The number of thioether (sulfide) groups is 1. The number of benzene rings is 2. The van der Waals surface area contributed by atoms with E-state index in [1.54, 1.807) is 24.4 Å². The van der Waals surface area contributed by atoms with Gasteiger partial charge < -0.3 is 33.4 Å². The lowest BCUT2D eigenvalue weighted by atomic mass is 10.1. The molecule has 1 saturated heterocycles. The summed E-state index contributed by atoms with van der Waals surface area (Å²) < 4.78 is 26.4. The first-order valence-electron chi connectivity index (χ1n) is 15.6. The molecule has 1 aromatic heterocycles. The number of esters is 1. The maximum atomic E-state index is 13.0. The Morgan fingerprint density at radius 2 is 1.80 bits per heavy atom. The van der Waals surface area contributed by atoms with Crippen LogP contribution in [0.3, 0.4) is 0 Å². The molecule has 0 spiro atoms. The van der Waals surface area contributed by atoms with Crippen LogP contribution in [0.2, 0.25) is 0 Å². The number of carbonyl (C=O) groups excluding carboxylic acids is 4. The van der Waals surface area contributed by atoms with Crippen LogP contribution in [0.4, 0.5) is 15.4 Å². The van der Waals surface area contributed by atoms with Gasteiger partial charge in [0.25, 0.3) is 10.3 Å². The lowest BCUT2D eigenvalue weighted by Gasteiger charge is -2.18. The lowest BCUT2D eigenvalue weighted by molar-refractivity contribution is -0.757. The van der Waals surface area contributed by atoms with Crippen LogP contribution < -0.4 is 19.1 Å². The zero-order chi connectivity index (χ0) is 36.6. The highest BCUT2D eigenvalue weighted by atomic mass is 32.2. The van der Waals surface area contributed by atoms with Gasteiger partial charge in [-0.3, -0.25) is 9.59 Å². The van der Waals surface area contributed by atoms with Gasteiger partial charge in [0, 0.05) is 19.3 Å². The fourth-order valence-corrected chi connectivity index (χ4v) is 5.53. The molecule has 4 rings (SSSR count). The van der Waals surface area contributed by atoms with Crippen LogP contribution in [0, 0.1) is 10.1 Å². The Morgan fingerprint density at radius 3 is 2.53 bits per heavy atom. The normalized spacial score (nSPS) is 13.9. The van der Waals surface area contributed by atoms with Gasteiger partial charge in [0.15, 0.2) is 18.2 Å². The third-order valence-electron chi connectivity index (χ3n) is 7.17. The van der Waals surface area contributed by atoms with Crippen LogP contribution in [0.15, 0.2) is 72.9 Å². The number of hydrogen-bond acceptors (Lipinski definition) is 15. The van der Waals surface area contributed by atoms with Crippen molar-refractivity contribution < 1.29 is 52.8 Å². The summed E-state index contributed by atoms with van der Waals surface area (Å²) in [6.07, 6.45) is 4.23. The minimum absolute atomic E-state index is 0.00172. The summed E-state index contributed by atoms with van der Waals surface area (Å²) in [5.74, 6) is 0.534. The second kappa shape index (κ2) is 19.4. The predicted octanol–water partition coefficient (Wildman–Crippen LogP) is 4.93.